The molecule has 0 amide bonds. The maximum Gasteiger partial charge on any atom is 0.416 e. The van der Waals surface area contributed by atoms with E-state index in [1.165, 1.54) is 6.07 Å². The second-order valence-corrected chi connectivity index (χ2v) is 7.46. The van der Waals surface area contributed by atoms with Gasteiger partial charge in [-0.2, -0.15) is 13.2 Å². The molecule has 0 saturated carbocycles. The lowest BCUT2D eigenvalue weighted by molar-refractivity contribution is -0.137. The number of rotatable bonds is 4. The van der Waals surface area contributed by atoms with Crippen LogP contribution < -0.4 is 10.1 Å². The van der Waals surface area contributed by atoms with Gasteiger partial charge in [0, 0.05) is 30.1 Å². The summed E-state index contributed by atoms with van der Waals surface area (Å²) in [6.07, 6.45) is 1.37. The maximum atomic E-state index is 13.4. The lowest BCUT2D eigenvalue weighted by Gasteiger charge is -2.16. The Balaban J connectivity index is 1.70. The summed E-state index contributed by atoms with van der Waals surface area (Å²) >= 11 is 0. The van der Waals surface area contributed by atoms with Gasteiger partial charge in [-0.05, 0) is 48.9 Å². The van der Waals surface area contributed by atoms with Gasteiger partial charge in [0.15, 0.2) is 0 Å². The number of halogens is 3. The average Bonchev–Trinajstić information content (AvgIpc) is 3.41. The molecule has 4 heterocycles. The zero-order chi connectivity index (χ0) is 21.4. The number of hydrogen-bond acceptors (Lipinski definition) is 4. The van der Waals surface area contributed by atoms with Gasteiger partial charge in [0.05, 0.1) is 28.5 Å². The van der Waals surface area contributed by atoms with Crippen molar-refractivity contribution in [1.82, 2.24) is 20.3 Å². The standard InChI is InChI=1S/C23H19F3N4O/c24-23(25,26)15-4-1-3-14(11-15)20-21(30-18-5-2-8-29-22(18)20)17-7-10-28-13-19(17)31-16-6-9-27-12-16/h1-5,7-8,10-11,13,16,27,30H,6,9,12H2/t16-/m1/s1. The lowest BCUT2D eigenvalue weighted by Crippen LogP contribution is -2.20. The van der Waals surface area contributed by atoms with Gasteiger partial charge < -0.3 is 15.0 Å². The quantitative estimate of drug-likeness (QED) is 0.481. The van der Waals surface area contributed by atoms with Crippen LogP contribution in [0.2, 0.25) is 0 Å². The molecule has 2 N–H and O–H groups in total. The number of ether oxygens (including phenoxy) is 1. The minimum Gasteiger partial charge on any atom is -0.487 e. The predicted molar refractivity (Wildman–Crippen MR) is 112 cm³/mol. The summed E-state index contributed by atoms with van der Waals surface area (Å²) in [6, 6.07) is 10.7. The van der Waals surface area contributed by atoms with E-state index < -0.39 is 11.7 Å². The Hall–Kier alpha value is -3.39. The van der Waals surface area contributed by atoms with Crippen LogP contribution in [-0.4, -0.2) is 34.1 Å². The zero-order valence-corrected chi connectivity index (χ0v) is 16.4. The average molecular weight is 424 g/mol. The molecule has 0 bridgehead atoms. The Kier molecular flexibility index (Phi) is 4.86. The van der Waals surface area contributed by atoms with Crippen LogP contribution in [-0.2, 0) is 6.18 Å². The van der Waals surface area contributed by atoms with Crippen LogP contribution in [0.25, 0.3) is 33.4 Å². The van der Waals surface area contributed by atoms with E-state index in [2.05, 4.69) is 20.3 Å². The molecule has 1 aliphatic rings. The third-order valence-electron chi connectivity index (χ3n) is 5.40. The molecule has 0 spiro atoms. The number of H-pyrrole nitrogens is 1. The first-order valence-corrected chi connectivity index (χ1v) is 9.97. The number of aromatic nitrogens is 3. The fraction of sp³-hybridized carbons (Fsp3) is 0.217. The molecule has 0 radical (unpaired) electrons. The number of alkyl halides is 3. The molecular weight excluding hydrogens is 405 g/mol. The molecule has 1 fully saturated rings. The molecule has 4 aromatic rings. The topological polar surface area (TPSA) is 62.8 Å². The monoisotopic (exact) mass is 424 g/mol. The van der Waals surface area contributed by atoms with Crippen LogP contribution in [0.15, 0.2) is 61.1 Å². The van der Waals surface area contributed by atoms with E-state index in [1.807, 2.05) is 6.07 Å². The molecule has 1 atom stereocenters. The number of nitrogens with zero attached hydrogens (tertiary/aromatic N) is 2. The number of benzene rings is 1. The summed E-state index contributed by atoms with van der Waals surface area (Å²) in [5.74, 6) is 0.580. The van der Waals surface area contributed by atoms with E-state index in [-0.39, 0.29) is 6.10 Å². The first kappa shape index (κ1) is 19.6. The van der Waals surface area contributed by atoms with Crippen LogP contribution in [0.4, 0.5) is 13.2 Å². The van der Waals surface area contributed by atoms with Gasteiger partial charge in [-0.1, -0.05) is 12.1 Å². The van der Waals surface area contributed by atoms with Crippen molar-refractivity contribution in [2.24, 2.45) is 0 Å². The van der Waals surface area contributed by atoms with Gasteiger partial charge in [-0.3, -0.25) is 9.97 Å². The number of nitrogens with one attached hydrogen (secondary N) is 2. The van der Waals surface area contributed by atoms with Crippen molar-refractivity contribution in [3.63, 3.8) is 0 Å². The second kappa shape index (κ2) is 7.70. The normalized spacial score (nSPS) is 16.7. The highest BCUT2D eigenvalue weighted by molar-refractivity contribution is 6.02. The second-order valence-electron chi connectivity index (χ2n) is 7.46. The summed E-state index contributed by atoms with van der Waals surface area (Å²) in [7, 11) is 0. The van der Waals surface area contributed by atoms with E-state index in [1.54, 1.807) is 36.8 Å². The summed E-state index contributed by atoms with van der Waals surface area (Å²) in [6.45, 7) is 1.62. The molecule has 1 aromatic carbocycles. The molecule has 158 valence electrons. The minimum atomic E-state index is -4.43. The highest BCUT2D eigenvalue weighted by Gasteiger charge is 2.31. The van der Waals surface area contributed by atoms with E-state index in [4.69, 9.17) is 4.74 Å². The van der Waals surface area contributed by atoms with Gasteiger partial charge >= 0.3 is 6.18 Å². The van der Waals surface area contributed by atoms with Crippen molar-refractivity contribution in [2.45, 2.75) is 18.7 Å². The van der Waals surface area contributed by atoms with Gasteiger partial charge in [0.25, 0.3) is 0 Å². The first-order valence-electron chi connectivity index (χ1n) is 9.97. The Bertz CT molecular complexity index is 1230. The third kappa shape index (κ3) is 3.74. The molecule has 5 rings (SSSR count). The molecular formula is C23H19F3N4O. The van der Waals surface area contributed by atoms with Crippen LogP contribution >= 0.6 is 0 Å². The van der Waals surface area contributed by atoms with E-state index >= 15 is 0 Å². The Morgan fingerprint density at radius 3 is 2.77 bits per heavy atom. The maximum absolute atomic E-state index is 13.4. The summed E-state index contributed by atoms with van der Waals surface area (Å²) in [5, 5.41) is 3.26. The van der Waals surface area contributed by atoms with Crippen LogP contribution in [0.3, 0.4) is 0 Å². The minimum absolute atomic E-state index is 0.0162. The number of aromatic amines is 1. The Labute approximate surface area is 176 Å². The smallest absolute Gasteiger partial charge is 0.416 e. The van der Waals surface area contributed by atoms with Gasteiger partial charge in [0.1, 0.15) is 11.9 Å². The SMILES string of the molecule is FC(F)(F)c1cccc(-c2c(-c3ccncc3O[C@@H]3CCNC3)[nH]c3cccnc23)c1. The van der Waals surface area contributed by atoms with Gasteiger partial charge in [-0.15, -0.1) is 0 Å². The molecule has 1 aliphatic heterocycles. The van der Waals surface area contributed by atoms with Gasteiger partial charge in [0.2, 0.25) is 0 Å². The van der Waals surface area contributed by atoms with Gasteiger partial charge in [-0.25, -0.2) is 0 Å². The van der Waals surface area contributed by atoms with Crippen LogP contribution in [0.1, 0.15) is 12.0 Å². The number of hydrogen-bond donors (Lipinski definition) is 2. The van der Waals surface area contributed by atoms with Crippen molar-refractivity contribution in [1.29, 1.82) is 0 Å². The van der Waals surface area contributed by atoms with Crippen LogP contribution in [0, 0.1) is 0 Å². The molecule has 8 heteroatoms. The largest absolute Gasteiger partial charge is 0.487 e. The highest BCUT2D eigenvalue weighted by Crippen LogP contribution is 2.42. The Morgan fingerprint density at radius 2 is 1.97 bits per heavy atom. The highest BCUT2D eigenvalue weighted by atomic mass is 19.4. The van der Waals surface area contributed by atoms with Crippen LogP contribution in [0.5, 0.6) is 5.75 Å². The molecule has 1 saturated heterocycles. The fourth-order valence-corrected chi connectivity index (χ4v) is 3.94. The number of fused-ring (bicyclic) bond motifs is 1. The fourth-order valence-electron chi connectivity index (χ4n) is 3.94. The summed E-state index contributed by atoms with van der Waals surface area (Å²) in [5.41, 5.74) is 3.04. The third-order valence-corrected chi connectivity index (χ3v) is 5.40. The van der Waals surface area contributed by atoms with E-state index in [9.17, 15) is 13.2 Å². The van der Waals surface area contributed by atoms with E-state index in [0.29, 0.717) is 28.1 Å². The summed E-state index contributed by atoms with van der Waals surface area (Å²) in [4.78, 5) is 12.0. The molecule has 0 unspecified atom stereocenters. The number of pyridine rings is 2. The zero-order valence-electron chi connectivity index (χ0n) is 16.4. The van der Waals surface area contributed by atoms with E-state index in [0.717, 1.165) is 42.7 Å². The summed E-state index contributed by atoms with van der Waals surface area (Å²) < 4.78 is 46.3. The molecule has 5 nitrogen and oxygen atoms in total. The lowest BCUT2D eigenvalue weighted by atomic mass is 9.98. The van der Waals surface area contributed by atoms with Crippen molar-refractivity contribution >= 4 is 11.0 Å². The first-order chi connectivity index (χ1) is 15.0. The molecule has 3 aromatic heterocycles. The molecule has 0 aliphatic carbocycles. The predicted octanol–water partition coefficient (Wildman–Crippen LogP) is 5.05. The van der Waals surface area contributed by atoms with Crippen molar-refractivity contribution < 1.29 is 17.9 Å². The van der Waals surface area contributed by atoms with Crippen molar-refractivity contribution in [2.75, 3.05) is 13.1 Å². The van der Waals surface area contributed by atoms with Crippen molar-refractivity contribution in [3.8, 4) is 28.1 Å². The Morgan fingerprint density at radius 1 is 1.06 bits per heavy atom. The molecule has 31 heavy (non-hydrogen) atoms. The van der Waals surface area contributed by atoms with Crippen molar-refractivity contribution in [3.05, 3.63) is 66.6 Å².